The molecule has 1 saturated carbocycles. The van der Waals surface area contributed by atoms with E-state index in [1.54, 1.807) is 0 Å². The summed E-state index contributed by atoms with van der Waals surface area (Å²) in [5.41, 5.74) is -0.777. The van der Waals surface area contributed by atoms with Gasteiger partial charge in [-0.05, 0) is 38.5 Å². The van der Waals surface area contributed by atoms with Crippen molar-refractivity contribution in [3.63, 3.8) is 0 Å². The molecule has 1 fully saturated rings. The van der Waals surface area contributed by atoms with Crippen molar-refractivity contribution in [1.29, 1.82) is 0 Å². The van der Waals surface area contributed by atoms with Crippen LogP contribution in [0.3, 0.4) is 0 Å². The van der Waals surface area contributed by atoms with Gasteiger partial charge in [0, 0.05) is 6.61 Å². The molecule has 0 heterocycles. The van der Waals surface area contributed by atoms with Crippen molar-refractivity contribution in [2.24, 2.45) is 11.8 Å². The zero-order valence-corrected chi connectivity index (χ0v) is 12.5. The fourth-order valence-electron chi connectivity index (χ4n) is 3.12. The van der Waals surface area contributed by atoms with Gasteiger partial charge in [-0.15, -0.1) is 0 Å². The van der Waals surface area contributed by atoms with Gasteiger partial charge in [0.25, 0.3) is 0 Å². The van der Waals surface area contributed by atoms with Crippen molar-refractivity contribution >= 4 is 11.8 Å². The second-order valence-corrected chi connectivity index (χ2v) is 5.48. The van der Waals surface area contributed by atoms with Crippen molar-refractivity contribution < 1.29 is 19.1 Å². The molecule has 0 amide bonds. The van der Waals surface area contributed by atoms with Crippen LogP contribution in [-0.2, 0) is 19.1 Å². The van der Waals surface area contributed by atoms with Gasteiger partial charge in [0.05, 0.1) is 7.11 Å². The fourth-order valence-corrected chi connectivity index (χ4v) is 3.12. The van der Waals surface area contributed by atoms with Crippen molar-refractivity contribution in [3.05, 3.63) is 0 Å². The highest BCUT2D eigenvalue weighted by molar-refractivity contribution is 6.03. The lowest BCUT2D eigenvalue weighted by Gasteiger charge is -2.39. The monoisotopic (exact) mass is 270 g/mol. The first-order valence-electron chi connectivity index (χ1n) is 7.26. The first kappa shape index (κ1) is 16.2. The van der Waals surface area contributed by atoms with Gasteiger partial charge >= 0.3 is 5.97 Å². The number of hydrogen-bond acceptors (Lipinski definition) is 4. The largest absolute Gasteiger partial charge is 0.468 e. The molecule has 0 aromatic rings. The van der Waals surface area contributed by atoms with E-state index in [4.69, 9.17) is 9.47 Å². The molecule has 0 spiro atoms. The molecule has 110 valence electrons. The maximum Gasteiger partial charge on any atom is 0.316 e. The summed E-state index contributed by atoms with van der Waals surface area (Å²) in [7, 11) is 1.33. The summed E-state index contributed by atoms with van der Waals surface area (Å²) in [6.45, 7) is 6.37. The molecule has 0 radical (unpaired) electrons. The number of rotatable bonds is 6. The van der Waals surface area contributed by atoms with Crippen LogP contribution in [0.25, 0.3) is 0 Å². The number of hydrogen-bond donors (Lipinski definition) is 0. The third-order valence-corrected chi connectivity index (χ3v) is 4.04. The van der Waals surface area contributed by atoms with E-state index in [1.165, 1.54) is 7.11 Å². The highest BCUT2D eigenvalue weighted by atomic mass is 16.5. The van der Waals surface area contributed by atoms with Crippen LogP contribution < -0.4 is 0 Å². The average molecular weight is 270 g/mol. The lowest BCUT2D eigenvalue weighted by atomic mass is 9.73. The summed E-state index contributed by atoms with van der Waals surface area (Å²) >= 11 is 0. The molecule has 0 aliphatic heterocycles. The molecule has 0 bridgehead atoms. The van der Waals surface area contributed by atoms with Gasteiger partial charge in [0.1, 0.15) is 11.5 Å². The molecular formula is C15H26O4. The molecule has 0 aromatic heterocycles. The van der Waals surface area contributed by atoms with E-state index in [0.29, 0.717) is 25.4 Å². The average Bonchev–Trinajstić information content (AvgIpc) is 2.39. The van der Waals surface area contributed by atoms with Crippen molar-refractivity contribution in [1.82, 2.24) is 0 Å². The molecule has 0 saturated heterocycles. The SMILES string of the molecule is CCOC1(C(=O)C(CC)C(=O)OC)CCCC(C)C1. The molecular weight excluding hydrogens is 244 g/mol. The standard InChI is InChI=1S/C15H26O4/c1-5-12(14(17)18-4)13(16)15(19-6-2)9-7-8-11(3)10-15/h11-12H,5-10H2,1-4H3. The molecule has 1 aliphatic rings. The topological polar surface area (TPSA) is 52.6 Å². The van der Waals surface area contributed by atoms with E-state index in [2.05, 4.69) is 6.92 Å². The minimum Gasteiger partial charge on any atom is -0.468 e. The second-order valence-electron chi connectivity index (χ2n) is 5.48. The molecule has 4 heteroatoms. The van der Waals surface area contributed by atoms with Crippen LogP contribution >= 0.6 is 0 Å². The van der Waals surface area contributed by atoms with Crippen LogP contribution in [0.1, 0.15) is 52.9 Å². The van der Waals surface area contributed by atoms with Gasteiger partial charge in [0.15, 0.2) is 5.78 Å². The minimum absolute atomic E-state index is 0.0877. The number of ketones is 1. The summed E-state index contributed by atoms with van der Waals surface area (Å²) in [5.74, 6) is -0.763. The van der Waals surface area contributed by atoms with Crippen LogP contribution in [0.2, 0.25) is 0 Å². The first-order chi connectivity index (χ1) is 9.00. The molecule has 1 rings (SSSR count). The summed E-state index contributed by atoms with van der Waals surface area (Å²) in [5, 5.41) is 0. The molecule has 0 N–H and O–H groups in total. The Bertz CT molecular complexity index is 322. The van der Waals surface area contributed by atoms with E-state index in [1.807, 2.05) is 13.8 Å². The van der Waals surface area contributed by atoms with Crippen LogP contribution in [0.15, 0.2) is 0 Å². The van der Waals surface area contributed by atoms with Crippen molar-refractivity contribution in [3.8, 4) is 0 Å². The van der Waals surface area contributed by atoms with Gasteiger partial charge in [-0.2, -0.15) is 0 Å². The molecule has 3 atom stereocenters. The summed E-state index contributed by atoms with van der Waals surface area (Å²) in [6.07, 6.45) is 4.00. The number of Topliss-reactive ketones (excluding diaryl/α,β-unsaturated/α-hetero) is 1. The van der Waals surface area contributed by atoms with Crippen molar-refractivity contribution in [2.45, 2.75) is 58.5 Å². The molecule has 3 unspecified atom stereocenters. The number of methoxy groups -OCH3 is 1. The maximum atomic E-state index is 12.8. The quantitative estimate of drug-likeness (QED) is 0.550. The molecule has 19 heavy (non-hydrogen) atoms. The van der Waals surface area contributed by atoms with Crippen LogP contribution in [0, 0.1) is 11.8 Å². The lowest BCUT2D eigenvalue weighted by Crippen LogP contribution is -2.50. The number of ether oxygens (including phenoxy) is 2. The second kappa shape index (κ2) is 7.04. The summed E-state index contributed by atoms with van der Waals surface area (Å²) in [4.78, 5) is 24.5. The van der Waals surface area contributed by atoms with Gasteiger partial charge in [-0.1, -0.05) is 20.3 Å². The normalized spacial score (nSPS) is 28.7. The molecule has 0 aromatic carbocycles. The summed E-state index contributed by atoms with van der Waals surface area (Å²) in [6, 6.07) is 0. The predicted octanol–water partition coefficient (Wildman–Crippen LogP) is 2.74. The smallest absolute Gasteiger partial charge is 0.316 e. The Hall–Kier alpha value is -0.900. The zero-order chi connectivity index (χ0) is 14.5. The lowest BCUT2D eigenvalue weighted by molar-refractivity contribution is -0.164. The van der Waals surface area contributed by atoms with Gasteiger partial charge in [0.2, 0.25) is 0 Å². The highest BCUT2D eigenvalue weighted by Gasteiger charge is 2.47. The Kier molecular flexibility index (Phi) is 5.98. The van der Waals surface area contributed by atoms with E-state index in [9.17, 15) is 9.59 Å². The van der Waals surface area contributed by atoms with E-state index >= 15 is 0 Å². The Balaban J connectivity index is 2.96. The number of carbonyl (C=O) groups is 2. The Morgan fingerprint density at radius 2 is 2.05 bits per heavy atom. The summed E-state index contributed by atoms with van der Waals surface area (Å²) < 4.78 is 10.6. The third-order valence-electron chi connectivity index (χ3n) is 4.04. The number of carbonyl (C=O) groups excluding carboxylic acids is 2. The van der Waals surface area contributed by atoms with Crippen LogP contribution in [0.5, 0.6) is 0 Å². The zero-order valence-electron chi connectivity index (χ0n) is 12.5. The highest BCUT2D eigenvalue weighted by Crippen LogP contribution is 2.38. The van der Waals surface area contributed by atoms with Crippen LogP contribution in [0.4, 0.5) is 0 Å². The Morgan fingerprint density at radius 1 is 1.37 bits per heavy atom. The van der Waals surface area contributed by atoms with Crippen LogP contribution in [-0.4, -0.2) is 31.1 Å². The van der Waals surface area contributed by atoms with E-state index in [0.717, 1.165) is 19.3 Å². The third kappa shape index (κ3) is 3.56. The van der Waals surface area contributed by atoms with Gasteiger partial charge in [-0.25, -0.2) is 0 Å². The van der Waals surface area contributed by atoms with Gasteiger partial charge in [-0.3, -0.25) is 9.59 Å². The molecule has 1 aliphatic carbocycles. The number of esters is 1. The first-order valence-corrected chi connectivity index (χ1v) is 7.26. The van der Waals surface area contributed by atoms with Gasteiger partial charge < -0.3 is 9.47 Å². The minimum atomic E-state index is -0.777. The predicted molar refractivity (Wildman–Crippen MR) is 72.8 cm³/mol. The Labute approximate surface area is 115 Å². The van der Waals surface area contributed by atoms with E-state index in [-0.39, 0.29) is 5.78 Å². The van der Waals surface area contributed by atoms with Crippen molar-refractivity contribution in [2.75, 3.05) is 13.7 Å². The van der Waals surface area contributed by atoms with E-state index < -0.39 is 17.5 Å². The maximum absolute atomic E-state index is 12.8. The Morgan fingerprint density at radius 3 is 2.53 bits per heavy atom. The molecule has 4 nitrogen and oxygen atoms in total. The fraction of sp³-hybridized carbons (Fsp3) is 0.867.